The first-order chi connectivity index (χ1) is 16.4. The Balaban J connectivity index is 1.36. The van der Waals surface area contributed by atoms with Crippen molar-refractivity contribution in [3.8, 4) is 5.75 Å². The monoisotopic (exact) mass is 476 g/mol. The molecule has 2 amide bonds. The van der Waals surface area contributed by atoms with Crippen molar-refractivity contribution in [2.24, 2.45) is 0 Å². The molecule has 0 unspecified atom stereocenters. The standard InChI is InChI=1S/C25H24N4O4S/c1-16-10-17(2)12-21(11-16)33-15-22-27-28-24(34-22)23(30)26-19-7-4-6-18(13-19)25(31)29(3)14-20-8-5-9-32-20/h4-13H,14-15H2,1-3H3,(H,26,30). The summed E-state index contributed by atoms with van der Waals surface area (Å²) in [7, 11) is 1.69. The number of carbonyl (C=O) groups is 2. The first-order valence-electron chi connectivity index (χ1n) is 10.6. The number of benzene rings is 2. The third-order valence-electron chi connectivity index (χ3n) is 4.91. The van der Waals surface area contributed by atoms with Gasteiger partial charge in [-0.3, -0.25) is 9.59 Å². The number of amides is 2. The van der Waals surface area contributed by atoms with Gasteiger partial charge >= 0.3 is 0 Å². The number of ether oxygens (including phenoxy) is 1. The molecule has 0 radical (unpaired) electrons. The fraction of sp³-hybridized carbons (Fsp3) is 0.200. The van der Waals surface area contributed by atoms with Crippen LogP contribution in [0, 0.1) is 13.8 Å². The largest absolute Gasteiger partial charge is 0.486 e. The zero-order valence-electron chi connectivity index (χ0n) is 19.1. The molecule has 4 aromatic rings. The maximum Gasteiger partial charge on any atom is 0.286 e. The molecular weight excluding hydrogens is 452 g/mol. The van der Waals surface area contributed by atoms with E-state index >= 15 is 0 Å². The number of furan rings is 1. The van der Waals surface area contributed by atoms with Crippen LogP contribution >= 0.6 is 11.3 Å². The van der Waals surface area contributed by atoms with Crippen LogP contribution in [0.3, 0.4) is 0 Å². The lowest BCUT2D eigenvalue weighted by molar-refractivity contribution is 0.0775. The molecule has 1 N–H and O–H groups in total. The van der Waals surface area contributed by atoms with E-state index in [9.17, 15) is 9.59 Å². The lowest BCUT2D eigenvalue weighted by atomic mass is 10.1. The zero-order chi connectivity index (χ0) is 24.1. The van der Waals surface area contributed by atoms with Crippen LogP contribution in [0.2, 0.25) is 0 Å². The summed E-state index contributed by atoms with van der Waals surface area (Å²) in [6.45, 7) is 4.58. The number of hydrogen-bond donors (Lipinski definition) is 1. The van der Waals surface area contributed by atoms with Crippen LogP contribution in [-0.2, 0) is 13.2 Å². The zero-order valence-corrected chi connectivity index (χ0v) is 19.9. The van der Waals surface area contributed by atoms with Crippen molar-refractivity contribution in [2.75, 3.05) is 12.4 Å². The molecule has 0 spiro atoms. The van der Waals surface area contributed by atoms with Crippen LogP contribution in [0.4, 0.5) is 5.69 Å². The second kappa shape index (κ2) is 10.3. The molecule has 0 bridgehead atoms. The molecule has 2 aromatic carbocycles. The van der Waals surface area contributed by atoms with E-state index in [1.165, 1.54) is 0 Å². The SMILES string of the molecule is Cc1cc(C)cc(OCc2nnc(C(=O)Nc3cccc(C(=O)N(C)Cc4ccco4)c3)s2)c1. The van der Waals surface area contributed by atoms with E-state index in [0.717, 1.165) is 28.2 Å². The number of aromatic nitrogens is 2. The van der Waals surface area contributed by atoms with Crippen molar-refractivity contribution in [3.63, 3.8) is 0 Å². The van der Waals surface area contributed by atoms with Gasteiger partial charge in [0.15, 0.2) is 5.01 Å². The van der Waals surface area contributed by atoms with E-state index in [-0.39, 0.29) is 17.5 Å². The van der Waals surface area contributed by atoms with Crippen LogP contribution in [0.15, 0.2) is 65.3 Å². The normalized spacial score (nSPS) is 10.7. The number of carbonyl (C=O) groups excluding carboxylic acids is 2. The lowest BCUT2D eigenvalue weighted by Crippen LogP contribution is -2.26. The van der Waals surface area contributed by atoms with Gasteiger partial charge in [0.1, 0.15) is 18.1 Å². The van der Waals surface area contributed by atoms with Gasteiger partial charge in [0.2, 0.25) is 5.01 Å². The van der Waals surface area contributed by atoms with Crippen LogP contribution in [0.5, 0.6) is 5.75 Å². The molecule has 0 atom stereocenters. The van der Waals surface area contributed by atoms with Gasteiger partial charge in [0.05, 0.1) is 12.8 Å². The molecule has 2 aromatic heterocycles. The Hall–Kier alpha value is -3.98. The number of nitrogens with zero attached hydrogens (tertiary/aromatic N) is 3. The van der Waals surface area contributed by atoms with Crippen molar-refractivity contribution < 1.29 is 18.7 Å². The molecule has 0 aliphatic carbocycles. The molecular formula is C25H24N4O4S. The molecule has 4 rings (SSSR count). The minimum Gasteiger partial charge on any atom is -0.486 e. The summed E-state index contributed by atoms with van der Waals surface area (Å²) in [6, 6.07) is 16.3. The average molecular weight is 477 g/mol. The van der Waals surface area contributed by atoms with Gasteiger partial charge in [-0.2, -0.15) is 0 Å². The molecule has 0 saturated carbocycles. The third-order valence-corrected chi connectivity index (χ3v) is 5.80. The first-order valence-corrected chi connectivity index (χ1v) is 11.4. The van der Waals surface area contributed by atoms with Gasteiger partial charge < -0.3 is 19.4 Å². The highest BCUT2D eigenvalue weighted by Gasteiger charge is 2.17. The quantitative estimate of drug-likeness (QED) is 0.390. The minimum atomic E-state index is -0.399. The highest BCUT2D eigenvalue weighted by molar-refractivity contribution is 7.13. The van der Waals surface area contributed by atoms with Gasteiger partial charge in [-0.15, -0.1) is 10.2 Å². The van der Waals surface area contributed by atoms with E-state index in [1.807, 2.05) is 32.0 Å². The number of hydrogen-bond acceptors (Lipinski definition) is 7. The molecule has 174 valence electrons. The smallest absolute Gasteiger partial charge is 0.286 e. The number of anilines is 1. The van der Waals surface area contributed by atoms with Gasteiger partial charge in [0.25, 0.3) is 11.8 Å². The molecule has 9 heteroatoms. The molecule has 8 nitrogen and oxygen atoms in total. The first kappa shape index (κ1) is 23.2. The summed E-state index contributed by atoms with van der Waals surface area (Å²) in [5, 5.41) is 11.6. The summed E-state index contributed by atoms with van der Waals surface area (Å²) >= 11 is 1.16. The van der Waals surface area contributed by atoms with Crippen molar-refractivity contribution >= 4 is 28.8 Å². The Kier molecular flexibility index (Phi) is 7.03. The summed E-state index contributed by atoms with van der Waals surface area (Å²) in [5.41, 5.74) is 3.16. The number of aryl methyl sites for hydroxylation is 2. The number of rotatable bonds is 8. The van der Waals surface area contributed by atoms with Crippen LogP contribution < -0.4 is 10.1 Å². The Morgan fingerprint density at radius 2 is 1.85 bits per heavy atom. The van der Waals surface area contributed by atoms with Gasteiger partial charge in [-0.25, -0.2) is 0 Å². The predicted octanol–water partition coefficient (Wildman–Crippen LogP) is 4.85. The van der Waals surface area contributed by atoms with E-state index in [0.29, 0.717) is 28.6 Å². The van der Waals surface area contributed by atoms with Crippen molar-refractivity contribution in [1.29, 1.82) is 0 Å². The van der Waals surface area contributed by atoms with Crippen LogP contribution in [0.25, 0.3) is 0 Å². The predicted molar refractivity (Wildman–Crippen MR) is 129 cm³/mol. The van der Waals surface area contributed by atoms with E-state index < -0.39 is 5.91 Å². The Morgan fingerprint density at radius 3 is 2.59 bits per heavy atom. The molecule has 34 heavy (non-hydrogen) atoms. The van der Waals surface area contributed by atoms with Crippen LogP contribution in [-0.4, -0.2) is 34.0 Å². The highest BCUT2D eigenvalue weighted by Crippen LogP contribution is 2.20. The molecule has 0 saturated heterocycles. The summed E-state index contributed by atoms with van der Waals surface area (Å²) in [5.74, 6) is 0.851. The fourth-order valence-corrected chi connectivity index (χ4v) is 4.06. The van der Waals surface area contributed by atoms with E-state index in [4.69, 9.17) is 9.15 Å². The Bertz CT molecular complexity index is 1280. The summed E-state index contributed by atoms with van der Waals surface area (Å²) in [6.07, 6.45) is 1.57. The maximum absolute atomic E-state index is 12.8. The second-order valence-electron chi connectivity index (χ2n) is 7.89. The van der Waals surface area contributed by atoms with Gasteiger partial charge in [0, 0.05) is 18.3 Å². The topological polar surface area (TPSA) is 97.6 Å². The van der Waals surface area contributed by atoms with Gasteiger partial charge in [-0.1, -0.05) is 23.5 Å². The van der Waals surface area contributed by atoms with Crippen LogP contribution in [0.1, 0.15) is 42.1 Å². The Morgan fingerprint density at radius 1 is 1.06 bits per heavy atom. The van der Waals surface area contributed by atoms with E-state index in [1.54, 1.807) is 48.5 Å². The Labute approximate surface area is 201 Å². The lowest BCUT2D eigenvalue weighted by Gasteiger charge is -2.16. The average Bonchev–Trinajstić information content (AvgIpc) is 3.49. The molecule has 0 aliphatic rings. The summed E-state index contributed by atoms with van der Waals surface area (Å²) in [4.78, 5) is 27.0. The highest BCUT2D eigenvalue weighted by atomic mass is 32.1. The fourth-order valence-electron chi connectivity index (χ4n) is 3.41. The van der Waals surface area contributed by atoms with Crippen molar-refractivity contribution in [2.45, 2.75) is 27.0 Å². The maximum atomic E-state index is 12.8. The van der Waals surface area contributed by atoms with E-state index in [2.05, 4.69) is 21.6 Å². The molecule has 0 fully saturated rings. The number of nitrogens with one attached hydrogen (secondary N) is 1. The third kappa shape index (κ3) is 5.87. The minimum absolute atomic E-state index is 0.186. The van der Waals surface area contributed by atoms with Crippen molar-refractivity contribution in [1.82, 2.24) is 15.1 Å². The molecule has 2 heterocycles. The summed E-state index contributed by atoms with van der Waals surface area (Å²) < 4.78 is 11.1. The van der Waals surface area contributed by atoms with Crippen molar-refractivity contribution in [3.05, 3.63) is 93.3 Å². The van der Waals surface area contributed by atoms with Gasteiger partial charge in [-0.05, 0) is 67.4 Å². The molecule has 0 aliphatic heterocycles. The second-order valence-corrected chi connectivity index (χ2v) is 8.95.